The molecule has 4 N–H and O–H groups in total. The van der Waals surface area contributed by atoms with Gasteiger partial charge in [-0.15, -0.1) is 11.3 Å². The number of allylic oxidation sites excluding steroid dienone is 1. The average Bonchev–Trinajstić information content (AvgIpc) is 3.27. The van der Waals surface area contributed by atoms with E-state index in [9.17, 15) is 19.5 Å². The predicted molar refractivity (Wildman–Crippen MR) is 152 cm³/mol. The molecule has 2 fully saturated rings. The number of carbonyl (C=O) groups is 3. The lowest BCUT2D eigenvalue weighted by Gasteiger charge is -2.27. The van der Waals surface area contributed by atoms with Crippen LogP contribution in [0, 0.1) is 5.92 Å². The van der Waals surface area contributed by atoms with Gasteiger partial charge in [0.15, 0.2) is 5.82 Å². The first-order chi connectivity index (χ1) is 19.9. The summed E-state index contributed by atoms with van der Waals surface area (Å²) in [7, 11) is 0. The Hall–Kier alpha value is -3.90. The van der Waals surface area contributed by atoms with Gasteiger partial charge in [-0.25, -0.2) is 9.78 Å². The third-order valence-electron chi connectivity index (χ3n) is 8.11. The molecule has 11 nitrogen and oxygen atoms in total. The third-order valence-corrected chi connectivity index (χ3v) is 9.00. The number of pyridine rings is 1. The Morgan fingerprint density at radius 3 is 2.88 bits per heavy atom. The zero-order valence-corrected chi connectivity index (χ0v) is 23.3. The summed E-state index contributed by atoms with van der Waals surface area (Å²) in [6, 6.07) is 5.68. The second kappa shape index (κ2) is 11.2. The molecule has 41 heavy (non-hydrogen) atoms. The van der Waals surface area contributed by atoms with Gasteiger partial charge in [0.05, 0.1) is 18.1 Å². The smallest absolute Gasteiger partial charge is 0.330 e. The number of carboxylic acids is 1. The molecule has 3 aromatic rings. The van der Waals surface area contributed by atoms with E-state index in [1.165, 1.54) is 16.2 Å². The van der Waals surface area contributed by atoms with Crippen molar-refractivity contribution in [3.63, 3.8) is 0 Å². The summed E-state index contributed by atoms with van der Waals surface area (Å²) >= 11 is 1.44. The summed E-state index contributed by atoms with van der Waals surface area (Å²) in [4.78, 5) is 54.5. The van der Waals surface area contributed by atoms with E-state index in [4.69, 9.17) is 10.5 Å². The molecule has 0 spiro atoms. The maximum Gasteiger partial charge on any atom is 0.330 e. The van der Waals surface area contributed by atoms with Crippen LogP contribution in [0.1, 0.15) is 44.9 Å². The fourth-order valence-corrected chi connectivity index (χ4v) is 6.49. The molecular weight excluding hydrogens is 544 g/mol. The summed E-state index contributed by atoms with van der Waals surface area (Å²) in [6.45, 7) is 0.129. The quantitative estimate of drug-likeness (QED) is 0.397. The number of rotatable bonds is 4. The van der Waals surface area contributed by atoms with Crippen molar-refractivity contribution >= 4 is 39.3 Å². The maximum atomic E-state index is 13.6. The molecule has 6 rings (SSSR count). The van der Waals surface area contributed by atoms with Crippen LogP contribution >= 0.6 is 11.3 Å². The third kappa shape index (κ3) is 5.41. The van der Waals surface area contributed by atoms with Crippen LogP contribution in [0.15, 0.2) is 48.0 Å². The van der Waals surface area contributed by atoms with Crippen LogP contribution < -0.4 is 15.8 Å². The van der Waals surface area contributed by atoms with Gasteiger partial charge in [-0.05, 0) is 49.3 Å². The lowest BCUT2D eigenvalue weighted by Crippen LogP contribution is -2.55. The van der Waals surface area contributed by atoms with Gasteiger partial charge in [-0.3, -0.25) is 14.6 Å². The zero-order valence-electron chi connectivity index (χ0n) is 22.4. The standard InChI is InChI=1S/C29H32N6O5S/c30-19-9-5-3-1-2-4-8-17-15-29(17,28(38)39)34-25(36)22-14-18(16-35(22)27(19)37)40-26-23-20(11-13-41-23)32-24(33-26)21-10-6-7-12-31-21/h4,6-8,10-13,17-19,22H,1-3,5,9,14-16,30H2,(H,34,36)(H,38,39)/b8-4-/t17-,18-,19+,22+,29-/m1/s1. The predicted octanol–water partition coefficient (Wildman–Crippen LogP) is 2.91. The summed E-state index contributed by atoms with van der Waals surface area (Å²) in [5, 5.41) is 14.7. The Balaban J connectivity index is 1.29. The van der Waals surface area contributed by atoms with Crippen LogP contribution in [-0.4, -0.2) is 73.0 Å². The normalized spacial score (nSPS) is 29.5. The summed E-state index contributed by atoms with van der Waals surface area (Å²) in [5.74, 6) is -1.45. The molecule has 0 bridgehead atoms. The molecule has 5 atom stereocenters. The van der Waals surface area contributed by atoms with E-state index in [2.05, 4.69) is 20.3 Å². The first-order valence-electron chi connectivity index (χ1n) is 14.0. The van der Waals surface area contributed by atoms with Gasteiger partial charge in [0.2, 0.25) is 17.7 Å². The molecule has 1 aliphatic carbocycles. The number of amides is 2. The number of ether oxygens (including phenoxy) is 1. The second-order valence-electron chi connectivity index (χ2n) is 10.9. The van der Waals surface area contributed by atoms with Crippen LogP contribution in [0.4, 0.5) is 0 Å². The van der Waals surface area contributed by atoms with E-state index in [0.29, 0.717) is 35.8 Å². The molecule has 0 aromatic carbocycles. The molecule has 5 heterocycles. The van der Waals surface area contributed by atoms with E-state index >= 15 is 0 Å². The fraction of sp³-hybridized carbons (Fsp3) is 0.448. The van der Waals surface area contributed by atoms with Crippen LogP contribution in [0.3, 0.4) is 0 Å². The number of carboxylic acid groups (broad SMARTS) is 1. The topological polar surface area (TPSA) is 161 Å². The SMILES string of the molecule is N[C@H]1CCCCC/C=C\[C@@H]2C[C@@]2(C(=O)O)NC(=O)[C@@H]2C[C@@H](Oc3nc(-c4ccccn4)nc4ccsc34)CN2C1=O. The largest absolute Gasteiger partial charge is 0.479 e. The summed E-state index contributed by atoms with van der Waals surface area (Å²) in [5.41, 5.74) is 6.25. The van der Waals surface area contributed by atoms with Crippen LogP contribution in [0.2, 0.25) is 0 Å². The minimum atomic E-state index is -1.36. The fourth-order valence-electron chi connectivity index (χ4n) is 5.73. The van der Waals surface area contributed by atoms with Crippen LogP contribution in [0.25, 0.3) is 21.7 Å². The summed E-state index contributed by atoms with van der Waals surface area (Å²) < 4.78 is 7.13. The molecule has 214 valence electrons. The van der Waals surface area contributed by atoms with Gasteiger partial charge in [-0.1, -0.05) is 31.1 Å². The van der Waals surface area contributed by atoms with Crippen molar-refractivity contribution in [1.29, 1.82) is 0 Å². The van der Waals surface area contributed by atoms with Crippen LogP contribution in [0.5, 0.6) is 5.88 Å². The Morgan fingerprint density at radius 2 is 2.07 bits per heavy atom. The second-order valence-corrected chi connectivity index (χ2v) is 11.8. The van der Waals surface area contributed by atoms with Crippen molar-refractivity contribution in [3.05, 3.63) is 48.0 Å². The van der Waals surface area contributed by atoms with Gasteiger partial charge in [0.1, 0.15) is 28.1 Å². The number of fused-ring (bicyclic) bond motifs is 3. The molecule has 2 amide bonds. The number of nitrogens with zero attached hydrogens (tertiary/aromatic N) is 4. The lowest BCUT2D eigenvalue weighted by molar-refractivity contribution is -0.145. The van der Waals surface area contributed by atoms with Crippen molar-refractivity contribution in [1.82, 2.24) is 25.2 Å². The number of aliphatic carboxylic acids is 1. The van der Waals surface area contributed by atoms with E-state index in [1.807, 2.05) is 41.8 Å². The number of hydrogen-bond acceptors (Lipinski definition) is 9. The average molecular weight is 577 g/mol. The van der Waals surface area contributed by atoms with E-state index in [0.717, 1.165) is 30.4 Å². The molecule has 0 radical (unpaired) electrons. The van der Waals surface area contributed by atoms with Crippen molar-refractivity contribution in [3.8, 4) is 17.4 Å². The monoisotopic (exact) mass is 576 g/mol. The van der Waals surface area contributed by atoms with Crippen molar-refractivity contribution in [2.45, 2.75) is 68.7 Å². The Kier molecular flexibility index (Phi) is 7.43. The molecule has 2 aliphatic heterocycles. The highest BCUT2D eigenvalue weighted by atomic mass is 32.1. The summed E-state index contributed by atoms with van der Waals surface area (Å²) in [6.07, 6.45) is 9.44. The highest BCUT2D eigenvalue weighted by Crippen LogP contribution is 2.45. The van der Waals surface area contributed by atoms with Crippen LogP contribution in [-0.2, 0) is 14.4 Å². The van der Waals surface area contributed by atoms with Gasteiger partial charge in [0.25, 0.3) is 0 Å². The molecule has 1 saturated heterocycles. The molecule has 12 heteroatoms. The maximum absolute atomic E-state index is 13.6. The van der Waals surface area contributed by atoms with Gasteiger partial charge in [-0.2, -0.15) is 4.98 Å². The minimum absolute atomic E-state index is 0.129. The molecular formula is C29H32N6O5S. The van der Waals surface area contributed by atoms with E-state index in [-0.39, 0.29) is 24.8 Å². The number of thiophene rings is 1. The zero-order chi connectivity index (χ0) is 28.6. The van der Waals surface area contributed by atoms with E-state index in [1.54, 1.807) is 6.20 Å². The minimum Gasteiger partial charge on any atom is -0.479 e. The Bertz CT molecular complexity index is 1500. The number of aromatic nitrogens is 3. The number of nitrogens with one attached hydrogen (secondary N) is 1. The Labute approximate surface area is 240 Å². The van der Waals surface area contributed by atoms with Gasteiger partial charge >= 0.3 is 5.97 Å². The molecule has 3 aromatic heterocycles. The highest BCUT2D eigenvalue weighted by Gasteiger charge is 2.61. The lowest BCUT2D eigenvalue weighted by atomic mass is 10.1. The highest BCUT2D eigenvalue weighted by molar-refractivity contribution is 7.17. The van der Waals surface area contributed by atoms with Crippen molar-refractivity contribution in [2.24, 2.45) is 11.7 Å². The van der Waals surface area contributed by atoms with E-state index < -0.39 is 35.6 Å². The number of hydrogen-bond donors (Lipinski definition) is 3. The number of nitrogens with two attached hydrogens (primary N) is 1. The number of carbonyl (C=O) groups excluding carboxylic acids is 2. The first-order valence-corrected chi connectivity index (χ1v) is 14.8. The van der Waals surface area contributed by atoms with Crippen molar-refractivity contribution < 1.29 is 24.2 Å². The van der Waals surface area contributed by atoms with Gasteiger partial charge in [0, 0.05) is 18.5 Å². The van der Waals surface area contributed by atoms with Crippen molar-refractivity contribution in [2.75, 3.05) is 6.54 Å². The molecule has 0 unspecified atom stereocenters. The molecule has 1 saturated carbocycles. The molecule has 3 aliphatic rings. The first kappa shape index (κ1) is 27.3. The Morgan fingerprint density at radius 1 is 1.20 bits per heavy atom. The van der Waals surface area contributed by atoms with Gasteiger partial charge < -0.3 is 25.8 Å².